The van der Waals surface area contributed by atoms with Crippen LogP contribution in [0.25, 0.3) is 0 Å². The topological polar surface area (TPSA) is 12.0 Å². The number of halogens is 1. The molecule has 0 aromatic heterocycles. The van der Waals surface area contributed by atoms with Crippen molar-refractivity contribution in [3.63, 3.8) is 0 Å². The van der Waals surface area contributed by atoms with Gasteiger partial charge in [0.25, 0.3) is 0 Å². The smallest absolute Gasteiger partial charge is 0.0548 e. The number of hydrogen-bond acceptors (Lipinski definition) is 2. The molecule has 19 heavy (non-hydrogen) atoms. The Bertz CT molecular complexity index is 513. The first kappa shape index (κ1) is 14.4. The largest absolute Gasteiger partial charge is 0.313 e. The molecule has 0 aliphatic heterocycles. The third-order valence-electron chi connectivity index (χ3n) is 2.72. The van der Waals surface area contributed by atoms with Crippen LogP contribution in [0.15, 0.2) is 58.3 Å². The minimum absolute atomic E-state index is 0.824. The number of nitrogens with one attached hydrogen (secondary N) is 1. The molecule has 0 saturated carbocycles. The molecule has 0 amide bonds. The molecule has 0 bridgehead atoms. The lowest BCUT2D eigenvalue weighted by Gasteiger charge is -2.08. The van der Waals surface area contributed by atoms with Gasteiger partial charge in [-0.1, -0.05) is 54.6 Å². The van der Waals surface area contributed by atoms with Crippen molar-refractivity contribution >= 4 is 23.4 Å². The molecule has 0 radical (unpaired) electrons. The van der Waals surface area contributed by atoms with Crippen LogP contribution in [0.1, 0.15) is 18.9 Å². The Labute approximate surface area is 124 Å². The molecule has 0 heterocycles. The van der Waals surface area contributed by atoms with Gasteiger partial charge < -0.3 is 5.32 Å². The molecule has 2 aromatic carbocycles. The molecular weight excluding hydrogens is 274 g/mol. The molecule has 0 unspecified atom stereocenters. The van der Waals surface area contributed by atoms with E-state index in [0.29, 0.717) is 0 Å². The van der Waals surface area contributed by atoms with Crippen molar-refractivity contribution in [3.05, 3.63) is 59.1 Å². The van der Waals surface area contributed by atoms with E-state index in [9.17, 15) is 0 Å². The SMILES string of the molecule is CCCNCc1ccc(Sc2ccccc2)c(Cl)c1. The van der Waals surface area contributed by atoms with Crippen molar-refractivity contribution < 1.29 is 0 Å². The van der Waals surface area contributed by atoms with Gasteiger partial charge in [-0.05, 0) is 42.8 Å². The molecule has 0 saturated heterocycles. The third-order valence-corrected chi connectivity index (χ3v) is 4.23. The molecule has 100 valence electrons. The predicted molar refractivity (Wildman–Crippen MR) is 84.0 cm³/mol. The molecule has 1 nitrogen and oxygen atoms in total. The first-order valence-electron chi connectivity index (χ1n) is 6.51. The highest BCUT2D eigenvalue weighted by Crippen LogP contribution is 2.33. The molecule has 1 N–H and O–H groups in total. The van der Waals surface area contributed by atoms with Crippen molar-refractivity contribution in [2.75, 3.05) is 6.54 Å². The lowest BCUT2D eigenvalue weighted by Crippen LogP contribution is -2.13. The van der Waals surface area contributed by atoms with Gasteiger partial charge in [-0.25, -0.2) is 0 Å². The first-order chi connectivity index (χ1) is 9.29. The zero-order chi connectivity index (χ0) is 13.5. The summed E-state index contributed by atoms with van der Waals surface area (Å²) in [6.45, 7) is 4.08. The number of benzene rings is 2. The maximum Gasteiger partial charge on any atom is 0.0548 e. The van der Waals surface area contributed by atoms with Crippen molar-refractivity contribution in [2.45, 2.75) is 29.7 Å². The van der Waals surface area contributed by atoms with Gasteiger partial charge in [-0.15, -0.1) is 0 Å². The summed E-state index contributed by atoms with van der Waals surface area (Å²) < 4.78 is 0. The fraction of sp³-hybridized carbons (Fsp3) is 0.250. The molecule has 2 rings (SSSR count). The lowest BCUT2D eigenvalue weighted by molar-refractivity contribution is 0.675. The Morgan fingerprint density at radius 1 is 1.11 bits per heavy atom. The van der Waals surface area contributed by atoms with Crippen LogP contribution in [-0.2, 0) is 6.54 Å². The van der Waals surface area contributed by atoms with Gasteiger partial charge in [0.1, 0.15) is 0 Å². The highest BCUT2D eigenvalue weighted by atomic mass is 35.5. The quantitative estimate of drug-likeness (QED) is 0.753. The summed E-state index contributed by atoms with van der Waals surface area (Å²) in [5.74, 6) is 0. The van der Waals surface area contributed by atoms with Crippen molar-refractivity contribution in [2.24, 2.45) is 0 Å². The molecule has 0 aliphatic carbocycles. The van der Waals surface area contributed by atoms with Gasteiger partial charge >= 0.3 is 0 Å². The zero-order valence-electron chi connectivity index (χ0n) is 11.0. The minimum atomic E-state index is 0.824. The van der Waals surface area contributed by atoms with Gasteiger partial charge in [0.05, 0.1) is 5.02 Å². The normalized spacial score (nSPS) is 10.6. The van der Waals surface area contributed by atoms with Gasteiger partial charge in [-0.2, -0.15) is 0 Å². The molecule has 0 atom stereocenters. The van der Waals surface area contributed by atoms with Crippen molar-refractivity contribution in [3.8, 4) is 0 Å². The summed E-state index contributed by atoms with van der Waals surface area (Å²) in [6, 6.07) is 16.6. The fourth-order valence-corrected chi connectivity index (χ4v) is 2.92. The highest BCUT2D eigenvalue weighted by molar-refractivity contribution is 7.99. The van der Waals surface area contributed by atoms with E-state index in [1.807, 2.05) is 18.2 Å². The average Bonchev–Trinajstić information content (AvgIpc) is 2.43. The second kappa shape index (κ2) is 7.59. The van der Waals surface area contributed by atoms with Gasteiger partial charge in [-0.3, -0.25) is 0 Å². The second-order valence-corrected chi connectivity index (χ2v) is 5.88. The van der Waals surface area contributed by atoms with E-state index in [2.05, 4.69) is 42.6 Å². The average molecular weight is 292 g/mol. The van der Waals surface area contributed by atoms with Crippen LogP contribution in [0.3, 0.4) is 0 Å². The highest BCUT2D eigenvalue weighted by Gasteiger charge is 2.04. The summed E-state index contributed by atoms with van der Waals surface area (Å²) >= 11 is 8.04. The summed E-state index contributed by atoms with van der Waals surface area (Å²) in [6.07, 6.45) is 1.15. The van der Waals surface area contributed by atoms with Crippen molar-refractivity contribution in [1.29, 1.82) is 0 Å². The van der Waals surface area contributed by atoms with Crippen LogP contribution in [0.4, 0.5) is 0 Å². The van der Waals surface area contributed by atoms with Crippen LogP contribution >= 0.6 is 23.4 Å². The predicted octanol–water partition coefficient (Wildman–Crippen LogP) is 4.99. The van der Waals surface area contributed by atoms with Crippen LogP contribution in [0.2, 0.25) is 5.02 Å². The Hall–Kier alpha value is -0.960. The third kappa shape index (κ3) is 4.57. The minimum Gasteiger partial charge on any atom is -0.313 e. The summed E-state index contributed by atoms with van der Waals surface area (Å²) in [4.78, 5) is 2.31. The first-order valence-corrected chi connectivity index (χ1v) is 7.71. The van der Waals surface area contributed by atoms with E-state index in [1.54, 1.807) is 11.8 Å². The maximum atomic E-state index is 6.34. The molecular formula is C16H18ClNS. The summed E-state index contributed by atoms with van der Waals surface area (Å²) in [7, 11) is 0. The van der Waals surface area contributed by atoms with Crippen LogP contribution < -0.4 is 5.32 Å². The fourth-order valence-electron chi connectivity index (χ4n) is 1.76. The van der Waals surface area contributed by atoms with E-state index in [0.717, 1.165) is 29.4 Å². The van der Waals surface area contributed by atoms with E-state index in [4.69, 9.17) is 11.6 Å². The van der Waals surface area contributed by atoms with Crippen LogP contribution in [0, 0.1) is 0 Å². The Balaban J connectivity index is 2.03. The standard InChI is InChI=1S/C16H18ClNS/c1-2-10-18-12-13-8-9-16(15(17)11-13)19-14-6-4-3-5-7-14/h3-9,11,18H,2,10,12H2,1H3. The maximum absolute atomic E-state index is 6.34. The van der Waals surface area contributed by atoms with Gasteiger partial charge in [0.15, 0.2) is 0 Å². The van der Waals surface area contributed by atoms with Gasteiger partial charge in [0, 0.05) is 16.3 Å². The molecule has 0 spiro atoms. The Morgan fingerprint density at radius 3 is 2.58 bits per heavy atom. The van der Waals surface area contributed by atoms with Crippen LogP contribution in [0.5, 0.6) is 0 Å². The van der Waals surface area contributed by atoms with E-state index in [-0.39, 0.29) is 0 Å². The summed E-state index contributed by atoms with van der Waals surface area (Å²) in [5, 5.41) is 4.21. The van der Waals surface area contributed by atoms with E-state index < -0.39 is 0 Å². The Morgan fingerprint density at radius 2 is 1.89 bits per heavy atom. The zero-order valence-corrected chi connectivity index (χ0v) is 12.6. The van der Waals surface area contributed by atoms with Crippen LogP contribution in [-0.4, -0.2) is 6.54 Å². The molecule has 3 heteroatoms. The number of rotatable bonds is 6. The molecule has 0 aliphatic rings. The molecule has 0 fully saturated rings. The summed E-state index contributed by atoms with van der Waals surface area (Å²) in [5.41, 5.74) is 1.23. The number of hydrogen-bond donors (Lipinski definition) is 1. The molecule has 2 aromatic rings. The van der Waals surface area contributed by atoms with Crippen molar-refractivity contribution in [1.82, 2.24) is 5.32 Å². The van der Waals surface area contributed by atoms with Gasteiger partial charge in [0.2, 0.25) is 0 Å². The second-order valence-electron chi connectivity index (χ2n) is 4.36. The monoisotopic (exact) mass is 291 g/mol. The Kier molecular flexibility index (Phi) is 5.77. The van der Waals surface area contributed by atoms with E-state index >= 15 is 0 Å². The lowest BCUT2D eigenvalue weighted by atomic mass is 10.2. The van der Waals surface area contributed by atoms with E-state index in [1.165, 1.54) is 10.5 Å².